The lowest BCUT2D eigenvalue weighted by atomic mass is 10.1. The van der Waals surface area contributed by atoms with E-state index >= 15 is 0 Å². The van der Waals surface area contributed by atoms with Crippen LogP contribution < -0.4 is 14.4 Å². The topological polar surface area (TPSA) is 76.1 Å². The van der Waals surface area contributed by atoms with Crippen LogP contribution in [0.15, 0.2) is 47.4 Å². The Labute approximate surface area is 171 Å². The Bertz CT molecular complexity index is 986. The van der Waals surface area contributed by atoms with Crippen molar-refractivity contribution in [1.29, 1.82) is 0 Å². The smallest absolute Gasteiger partial charge is 0.335 e. The van der Waals surface area contributed by atoms with E-state index in [-0.39, 0.29) is 11.5 Å². The van der Waals surface area contributed by atoms with E-state index in [9.17, 15) is 14.7 Å². The highest BCUT2D eigenvalue weighted by Crippen LogP contribution is 2.39. The van der Waals surface area contributed by atoms with Crippen molar-refractivity contribution < 1.29 is 24.2 Å². The first-order chi connectivity index (χ1) is 13.5. The highest BCUT2D eigenvalue weighted by molar-refractivity contribution is 8.27. The quantitative estimate of drug-likeness (QED) is 0.560. The molecule has 0 saturated carbocycles. The second kappa shape index (κ2) is 8.45. The molecule has 1 aliphatic heterocycles. The fourth-order valence-electron chi connectivity index (χ4n) is 2.74. The average molecular weight is 415 g/mol. The van der Waals surface area contributed by atoms with E-state index in [1.54, 1.807) is 24.3 Å². The number of carboxylic acid groups (broad SMARTS) is 1. The zero-order chi connectivity index (χ0) is 20.3. The maximum absolute atomic E-state index is 12.9. The lowest BCUT2D eigenvalue weighted by Gasteiger charge is -2.15. The number of carbonyl (C=O) groups excluding carboxylic acids is 1. The maximum atomic E-state index is 12.9. The molecule has 28 heavy (non-hydrogen) atoms. The zero-order valence-corrected chi connectivity index (χ0v) is 16.8. The van der Waals surface area contributed by atoms with Gasteiger partial charge in [0.25, 0.3) is 5.91 Å². The number of aromatic carboxylic acids is 1. The number of hydrogen-bond donors (Lipinski definition) is 1. The van der Waals surface area contributed by atoms with Crippen LogP contribution in [-0.4, -0.2) is 35.0 Å². The summed E-state index contributed by atoms with van der Waals surface area (Å²) in [4.78, 5) is 25.9. The first-order valence-electron chi connectivity index (χ1n) is 8.37. The van der Waals surface area contributed by atoms with Crippen LogP contribution >= 0.6 is 24.0 Å². The number of para-hydroxylation sites is 1. The fraction of sp³-hybridized carbons (Fsp3) is 0.150. The number of thiocarbonyl (C=S) groups is 1. The van der Waals surface area contributed by atoms with Crippen molar-refractivity contribution in [3.05, 3.63) is 58.5 Å². The van der Waals surface area contributed by atoms with Crippen molar-refractivity contribution in [3.8, 4) is 11.5 Å². The van der Waals surface area contributed by atoms with Gasteiger partial charge in [0.1, 0.15) is 0 Å². The summed E-state index contributed by atoms with van der Waals surface area (Å²) in [5, 5.41) is 9.18. The minimum Gasteiger partial charge on any atom is -0.492 e. The van der Waals surface area contributed by atoms with Gasteiger partial charge in [0.05, 0.1) is 29.9 Å². The van der Waals surface area contributed by atoms with Gasteiger partial charge in [-0.2, -0.15) is 0 Å². The van der Waals surface area contributed by atoms with Gasteiger partial charge in [0.15, 0.2) is 15.8 Å². The molecule has 1 fully saturated rings. The number of amides is 1. The molecular formula is C20H17NO5S2. The molecule has 1 saturated heterocycles. The number of carboxylic acids is 1. The normalized spacial score (nSPS) is 15.2. The standard InChI is InChI=1S/C20H17NO5S2/c1-3-26-15-9-5-6-12(17(15)25-2)11-16-18(22)21(20(27)28-16)14-8-4-7-13(10-14)19(23)24/h4-11H,3H2,1-2H3,(H,23,24)/b16-11-. The summed E-state index contributed by atoms with van der Waals surface area (Å²) in [6.07, 6.45) is 1.70. The first-order valence-corrected chi connectivity index (χ1v) is 9.59. The third kappa shape index (κ3) is 3.88. The number of thioether (sulfide) groups is 1. The number of benzene rings is 2. The van der Waals surface area contributed by atoms with Crippen LogP contribution in [0.3, 0.4) is 0 Å². The number of nitrogens with zero attached hydrogens (tertiary/aromatic N) is 1. The van der Waals surface area contributed by atoms with Crippen molar-refractivity contribution in [2.45, 2.75) is 6.92 Å². The number of ether oxygens (including phenoxy) is 2. The Morgan fingerprint density at radius 3 is 2.71 bits per heavy atom. The van der Waals surface area contributed by atoms with E-state index in [4.69, 9.17) is 21.7 Å². The molecular weight excluding hydrogens is 398 g/mol. The first kappa shape index (κ1) is 19.9. The molecule has 0 atom stereocenters. The molecule has 0 aromatic heterocycles. The van der Waals surface area contributed by atoms with Gasteiger partial charge in [-0.1, -0.05) is 42.2 Å². The molecule has 1 amide bonds. The van der Waals surface area contributed by atoms with Gasteiger partial charge in [-0.15, -0.1) is 0 Å². The lowest BCUT2D eigenvalue weighted by Crippen LogP contribution is -2.27. The van der Waals surface area contributed by atoms with Crippen LogP contribution in [0.25, 0.3) is 6.08 Å². The lowest BCUT2D eigenvalue weighted by molar-refractivity contribution is -0.113. The Kier molecular flexibility index (Phi) is 6.01. The van der Waals surface area contributed by atoms with Gasteiger partial charge < -0.3 is 14.6 Å². The van der Waals surface area contributed by atoms with Crippen molar-refractivity contribution in [2.75, 3.05) is 18.6 Å². The molecule has 8 heteroatoms. The highest BCUT2D eigenvalue weighted by atomic mass is 32.2. The SMILES string of the molecule is CCOc1cccc(/C=C2\SC(=S)N(c3cccc(C(=O)O)c3)C2=O)c1OC. The van der Waals surface area contributed by atoms with Gasteiger partial charge in [-0.25, -0.2) is 4.79 Å². The summed E-state index contributed by atoms with van der Waals surface area (Å²) in [6.45, 7) is 2.37. The molecule has 2 aromatic rings. The van der Waals surface area contributed by atoms with Crippen molar-refractivity contribution in [3.63, 3.8) is 0 Å². The second-order valence-corrected chi connectivity index (χ2v) is 7.36. The molecule has 1 N–H and O–H groups in total. The molecule has 3 rings (SSSR count). The third-order valence-electron chi connectivity index (χ3n) is 3.94. The van der Waals surface area contributed by atoms with Crippen molar-refractivity contribution in [1.82, 2.24) is 0 Å². The average Bonchev–Trinajstić information content (AvgIpc) is 2.95. The monoisotopic (exact) mass is 415 g/mol. The van der Waals surface area contributed by atoms with Crippen LogP contribution in [0.4, 0.5) is 5.69 Å². The minimum absolute atomic E-state index is 0.0848. The van der Waals surface area contributed by atoms with Gasteiger partial charge in [-0.05, 0) is 37.3 Å². The van der Waals surface area contributed by atoms with Crippen LogP contribution in [0, 0.1) is 0 Å². The fourth-order valence-corrected chi connectivity index (χ4v) is 4.03. The number of anilines is 1. The Morgan fingerprint density at radius 2 is 2.04 bits per heavy atom. The van der Waals surface area contributed by atoms with Crippen LogP contribution in [0.5, 0.6) is 11.5 Å². The van der Waals surface area contributed by atoms with Crippen molar-refractivity contribution >= 4 is 51.9 Å². The molecule has 0 bridgehead atoms. The van der Waals surface area contributed by atoms with Gasteiger partial charge in [0, 0.05) is 5.56 Å². The molecule has 0 aliphatic carbocycles. The summed E-state index contributed by atoms with van der Waals surface area (Å²) in [5.74, 6) is -0.271. The van der Waals surface area contributed by atoms with E-state index in [1.807, 2.05) is 19.1 Å². The van der Waals surface area contributed by atoms with E-state index in [2.05, 4.69) is 0 Å². The number of rotatable bonds is 6. The molecule has 0 radical (unpaired) electrons. The van der Waals surface area contributed by atoms with Gasteiger partial charge in [0.2, 0.25) is 0 Å². The van der Waals surface area contributed by atoms with E-state index in [0.717, 1.165) is 11.8 Å². The summed E-state index contributed by atoms with van der Waals surface area (Å²) >= 11 is 6.50. The van der Waals surface area contributed by atoms with Gasteiger partial charge in [-0.3, -0.25) is 9.69 Å². The number of hydrogen-bond acceptors (Lipinski definition) is 6. The highest BCUT2D eigenvalue weighted by Gasteiger charge is 2.34. The third-order valence-corrected chi connectivity index (χ3v) is 5.25. The molecule has 1 heterocycles. The Hall–Kier alpha value is -2.84. The molecule has 2 aromatic carbocycles. The molecule has 6 nitrogen and oxygen atoms in total. The molecule has 0 spiro atoms. The van der Waals surface area contributed by atoms with Crippen molar-refractivity contribution in [2.24, 2.45) is 0 Å². The minimum atomic E-state index is -1.07. The van der Waals surface area contributed by atoms with Crippen LogP contribution in [0.1, 0.15) is 22.8 Å². The number of methoxy groups -OCH3 is 1. The summed E-state index contributed by atoms with van der Waals surface area (Å²) in [6, 6.07) is 11.5. The summed E-state index contributed by atoms with van der Waals surface area (Å²) in [7, 11) is 1.54. The van der Waals surface area contributed by atoms with Crippen LogP contribution in [-0.2, 0) is 4.79 Å². The maximum Gasteiger partial charge on any atom is 0.335 e. The zero-order valence-electron chi connectivity index (χ0n) is 15.2. The second-order valence-electron chi connectivity index (χ2n) is 5.68. The van der Waals surface area contributed by atoms with Gasteiger partial charge >= 0.3 is 5.97 Å². The summed E-state index contributed by atoms with van der Waals surface area (Å²) in [5.41, 5.74) is 1.19. The van der Waals surface area contributed by atoms with Crippen LogP contribution in [0.2, 0.25) is 0 Å². The van der Waals surface area contributed by atoms with E-state index < -0.39 is 5.97 Å². The number of carbonyl (C=O) groups is 2. The predicted molar refractivity (Wildman–Crippen MR) is 113 cm³/mol. The molecule has 144 valence electrons. The molecule has 1 aliphatic rings. The largest absolute Gasteiger partial charge is 0.492 e. The predicted octanol–water partition coefficient (Wildman–Crippen LogP) is 4.20. The molecule has 0 unspecified atom stereocenters. The Morgan fingerprint density at radius 1 is 1.29 bits per heavy atom. The van der Waals surface area contributed by atoms with E-state index in [1.165, 1.54) is 24.1 Å². The summed E-state index contributed by atoms with van der Waals surface area (Å²) < 4.78 is 11.4. The Balaban J connectivity index is 1.97. The van der Waals surface area contributed by atoms with E-state index in [0.29, 0.717) is 38.6 Å².